The summed E-state index contributed by atoms with van der Waals surface area (Å²) >= 11 is 12.7. The molecule has 1 atom stereocenters. The first-order valence-corrected chi connectivity index (χ1v) is 13.0. The van der Waals surface area contributed by atoms with Gasteiger partial charge in [-0.25, -0.2) is 14.3 Å². The van der Waals surface area contributed by atoms with Crippen LogP contribution < -0.4 is 5.32 Å². The Labute approximate surface area is 230 Å². The molecule has 38 heavy (non-hydrogen) atoms. The van der Waals surface area contributed by atoms with Crippen LogP contribution in [0.15, 0.2) is 60.9 Å². The average Bonchev–Trinajstić information content (AvgIpc) is 3.51. The number of benzene rings is 2. The summed E-state index contributed by atoms with van der Waals surface area (Å²) < 4.78 is 7.11. The number of hydrogen-bond donors (Lipinski definition) is 1. The quantitative estimate of drug-likeness (QED) is 0.330. The molecule has 1 unspecified atom stereocenters. The highest BCUT2D eigenvalue weighted by Crippen LogP contribution is 2.36. The second-order valence-electron chi connectivity index (χ2n) is 10.2. The Balaban J connectivity index is 1.46. The monoisotopic (exact) mass is 551 g/mol. The molecule has 5 rings (SSSR count). The molecule has 2 aromatic carbocycles. The van der Waals surface area contributed by atoms with Crippen LogP contribution in [0.3, 0.4) is 0 Å². The number of aromatic nitrogens is 3. The zero-order valence-electron chi connectivity index (χ0n) is 21.2. The molecule has 2 aromatic heterocycles. The molecule has 3 heterocycles. The number of amides is 2. The molecule has 1 fully saturated rings. The first kappa shape index (κ1) is 26.0. The van der Waals surface area contributed by atoms with Gasteiger partial charge < -0.3 is 15.0 Å². The number of carbonyl (C=O) groups is 2. The number of ether oxygens (including phenoxy) is 1. The van der Waals surface area contributed by atoms with Crippen LogP contribution in [-0.2, 0) is 4.74 Å². The highest BCUT2D eigenvalue weighted by atomic mass is 35.5. The van der Waals surface area contributed by atoms with Crippen LogP contribution in [0.25, 0.3) is 28.0 Å². The van der Waals surface area contributed by atoms with E-state index in [1.54, 1.807) is 27.7 Å². The molecule has 196 valence electrons. The van der Waals surface area contributed by atoms with Crippen molar-refractivity contribution in [3.63, 3.8) is 0 Å². The van der Waals surface area contributed by atoms with Gasteiger partial charge in [-0.2, -0.15) is 5.10 Å². The lowest BCUT2D eigenvalue weighted by atomic mass is 10.0. The second kappa shape index (κ2) is 10.3. The van der Waals surface area contributed by atoms with Crippen molar-refractivity contribution in [2.45, 2.75) is 38.8 Å². The molecule has 1 aliphatic heterocycles. The normalized spacial score (nSPS) is 15.6. The number of likely N-dealkylation sites (tertiary alicyclic amines) is 1. The van der Waals surface area contributed by atoms with Gasteiger partial charge in [0.15, 0.2) is 5.65 Å². The predicted octanol–water partition coefficient (Wildman–Crippen LogP) is 6.11. The van der Waals surface area contributed by atoms with Crippen LogP contribution in [0.5, 0.6) is 0 Å². The van der Waals surface area contributed by atoms with Gasteiger partial charge in [0.1, 0.15) is 11.2 Å². The van der Waals surface area contributed by atoms with E-state index in [-0.39, 0.29) is 18.0 Å². The molecular formula is C28H27Cl2N5O3. The van der Waals surface area contributed by atoms with Gasteiger partial charge in [0.25, 0.3) is 5.91 Å². The molecule has 10 heteroatoms. The van der Waals surface area contributed by atoms with Crippen molar-refractivity contribution in [2.75, 3.05) is 13.1 Å². The predicted molar refractivity (Wildman–Crippen MR) is 148 cm³/mol. The summed E-state index contributed by atoms with van der Waals surface area (Å²) in [6.45, 7) is 6.37. The minimum atomic E-state index is -0.578. The van der Waals surface area contributed by atoms with E-state index in [4.69, 9.17) is 27.9 Å². The Hall–Kier alpha value is -3.62. The van der Waals surface area contributed by atoms with E-state index in [0.717, 1.165) is 22.4 Å². The van der Waals surface area contributed by atoms with Gasteiger partial charge in [-0.05, 0) is 45.4 Å². The fourth-order valence-corrected chi connectivity index (χ4v) is 4.85. The van der Waals surface area contributed by atoms with Crippen LogP contribution in [0, 0.1) is 0 Å². The average molecular weight is 552 g/mol. The maximum absolute atomic E-state index is 13.3. The summed E-state index contributed by atoms with van der Waals surface area (Å²) in [5.74, 6) is -0.309. The van der Waals surface area contributed by atoms with Gasteiger partial charge in [-0.1, -0.05) is 53.5 Å². The van der Waals surface area contributed by atoms with Crippen molar-refractivity contribution >= 4 is 40.8 Å². The van der Waals surface area contributed by atoms with E-state index in [9.17, 15) is 9.59 Å². The summed E-state index contributed by atoms with van der Waals surface area (Å²) in [4.78, 5) is 31.9. The second-order valence-corrected chi connectivity index (χ2v) is 11.0. The molecule has 1 saturated heterocycles. The van der Waals surface area contributed by atoms with Crippen molar-refractivity contribution in [1.82, 2.24) is 24.8 Å². The molecule has 8 nitrogen and oxygen atoms in total. The molecule has 4 aromatic rings. The van der Waals surface area contributed by atoms with Crippen LogP contribution in [0.1, 0.15) is 37.6 Å². The summed E-state index contributed by atoms with van der Waals surface area (Å²) in [6, 6.07) is 14.7. The molecule has 1 aliphatic rings. The van der Waals surface area contributed by atoms with Gasteiger partial charge >= 0.3 is 6.09 Å². The van der Waals surface area contributed by atoms with E-state index in [0.29, 0.717) is 40.8 Å². The molecule has 0 bridgehead atoms. The zero-order chi connectivity index (χ0) is 27.0. The Morgan fingerprint density at radius 2 is 1.76 bits per heavy atom. The molecule has 2 amide bonds. The summed E-state index contributed by atoms with van der Waals surface area (Å²) in [5.41, 5.74) is 3.30. The third-order valence-electron chi connectivity index (χ3n) is 6.23. The number of nitrogens with zero attached hydrogens (tertiary/aromatic N) is 4. The summed E-state index contributed by atoms with van der Waals surface area (Å²) in [6.07, 6.45) is 3.46. The number of fused-ring (bicyclic) bond motifs is 1. The lowest BCUT2D eigenvalue weighted by Crippen LogP contribution is -2.40. The van der Waals surface area contributed by atoms with E-state index >= 15 is 0 Å². The first-order chi connectivity index (χ1) is 18.1. The van der Waals surface area contributed by atoms with Crippen LogP contribution >= 0.6 is 23.2 Å². The number of hydrogen-bond acceptors (Lipinski definition) is 5. The van der Waals surface area contributed by atoms with E-state index in [1.807, 2.05) is 57.2 Å². The van der Waals surface area contributed by atoms with Gasteiger partial charge in [0, 0.05) is 52.1 Å². The van der Waals surface area contributed by atoms with Gasteiger partial charge in [0.2, 0.25) is 0 Å². The Kier molecular flexibility index (Phi) is 7.03. The number of carbonyl (C=O) groups excluding carboxylic acids is 2. The van der Waals surface area contributed by atoms with Crippen molar-refractivity contribution in [1.29, 1.82) is 0 Å². The standard InChI is InChI=1S/C28H27Cl2N5O3/c1-28(2,3)38-27(37)34-13-12-19(16-34)33-26(36)22-15-32-35-24(17-8-10-18(29)11-9-17)21(14-31-25(22)35)20-6-4-5-7-23(20)30/h4-11,14-15,19H,12-13,16H2,1-3H3,(H,33,36). The van der Waals surface area contributed by atoms with E-state index < -0.39 is 5.60 Å². The molecular weight excluding hydrogens is 525 g/mol. The highest BCUT2D eigenvalue weighted by molar-refractivity contribution is 6.33. The molecule has 0 saturated carbocycles. The lowest BCUT2D eigenvalue weighted by Gasteiger charge is -2.24. The van der Waals surface area contributed by atoms with Crippen LogP contribution in [-0.4, -0.2) is 56.2 Å². The highest BCUT2D eigenvalue weighted by Gasteiger charge is 2.31. The number of rotatable bonds is 4. The first-order valence-electron chi connectivity index (χ1n) is 12.3. The van der Waals surface area contributed by atoms with Gasteiger partial charge in [0.05, 0.1) is 11.9 Å². The SMILES string of the molecule is CC(C)(C)OC(=O)N1CCC(NC(=O)c2cnn3c(-c4ccc(Cl)cc4)c(-c4ccccc4Cl)cnc23)C1. The molecule has 0 aliphatic carbocycles. The van der Waals surface area contributed by atoms with E-state index in [1.165, 1.54) is 6.20 Å². The van der Waals surface area contributed by atoms with Crippen LogP contribution in [0.2, 0.25) is 10.0 Å². The number of nitrogens with one attached hydrogen (secondary N) is 1. The Bertz CT molecular complexity index is 1510. The van der Waals surface area contributed by atoms with Crippen molar-refractivity contribution in [3.8, 4) is 22.4 Å². The van der Waals surface area contributed by atoms with E-state index in [2.05, 4.69) is 15.4 Å². The fraction of sp³-hybridized carbons (Fsp3) is 0.286. The third kappa shape index (κ3) is 5.33. The topological polar surface area (TPSA) is 88.8 Å². The summed E-state index contributed by atoms with van der Waals surface area (Å²) in [7, 11) is 0. The Morgan fingerprint density at radius 1 is 1.03 bits per heavy atom. The molecule has 1 N–H and O–H groups in total. The largest absolute Gasteiger partial charge is 0.444 e. The Morgan fingerprint density at radius 3 is 2.47 bits per heavy atom. The lowest BCUT2D eigenvalue weighted by molar-refractivity contribution is 0.0290. The molecule has 0 spiro atoms. The maximum atomic E-state index is 13.3. The minimum absolute atomic E-state index is 0.205. The van der Waals surface area contributed by atoms with Crippen LogP contribution in [0.4, 0.5) is 4.79 Å². The maximum Gasteiger partial charge on any atom is 0.410 e. The minimum Gasteiger partial charge on any atom is -0.444 e. The summed E-state index contributed by atoms with van der Waals surface area (Å²) in [5, 5.41) is 8.75. The van der Waals surface area contributed by atoms with Gasteiger partial charge in [-0.3, -0.25) is 4.79 Å². The molecule has 0 radical (unpaired) electrons. The van der Waals surface area contributed by atoms with Crippen molar-refractivity contribution < 1.29 is 14.3 Å². The smallest absolute Gasteiger partial charge is 0.410 e. The van der Waals surface area contributed by atoms with Crippen molar-refractivity contribution in [3.05, 3.63) is 76.5 Å². The zero-order valence-corrected chi connectivity index (χ0v) is 22.8. The van der Waals surface area contributed by atoms with Gasteiger partial charge in [-0.15, -0.1) is 0 Å². The van der Waals surface area contributed by atoms with Crippen molar-refractivity contribution in [2.24, 2.45) is 0 Å². The number of halogens is 2. The fourth-order valence-electron chi connectivity index (χ4n) is 4.49. The third-order valence-corrected chi connectivity index (χ3v) is 6.81.